The Hall–Kier alpha value is -2.23. The zero-order chi connectivity index (χ0) is 14.5. The first-order valence-corrected chi connectivity index (χ1v) is 6.31. The predicted octanol–water partition coefficient (Wildman–Crippen LogP) is 2.03. The summed E-state index contributed by atoms with van der Waals surface area (Å²) < 4.78 is 10.6. The van der Waals surface area contributed by atoms with E-state index in [1.807, 2.05) is 13.8 Å². The lowest BCUT2D eigenvalue weighted by Gasteiger charge is -2.10. The van der Waals surface area contributed by atoms with Crippen LogP contribution in [0.4, 0.5) is 0 Å². The van der Waals surface area contributed by atoms with E-state index in [2.05, 4.69) is 16.2 Å². The minimum atomic E-state index is -0.436. The summed E-state index contributed by atoms with van der Waals surface area (Å²) >= 11 is 0. The normalized spacial score (nSPS) is 12.3. The van der Waals surface area contributed by atoms with Gasteiger partial charge >= 0.3 is 0 Å². The molecule has 0 aliphatic rings. The largest absolute Gasteiger partial charge is 0.377 e. The Morgan fingerprint density at radius 3 is 2.95 bits per heavy atom. The summed E-state index contributed by atoms with van der Waals surface area (Å²) in [5, 5.41) is 12.7. The summed E-state index contributed by atoms with van der Waals surface area (Å²) in [4.78, 5) is 4.24. The maximum atomic E-state index is 8.87. The molecule has 0 radical (unpaired) electrons. The van der Waals surface area contributed by atoms with Gasteiger partial charge in [-0.2, -0.15) is 10.2 Å². The van der Waals surface area contributed by atoms with E-state index in [0.29, 0.717) is 29.4 Å². The molecular weight excluding hydrogens is 256 g/mol. The van der Waals surface area contributed by atoms with Crippen LogP contribution >= 0.6 is 0 Å². The number of rotatable bonds is 5. The summed E-state index contributed by atoms with van der Waals surface area (Å²) in [5.41, 5.74) is 7.16. The van der Waals surface area contributed by atoms with Crippen molar-refractivity contribution >= 4 is 0 Å². The van der Waals surface area contributed by atoms with Gasteiger partial charge in [0.05, 0.1) is 30.4 Å². The van der Waals surface area contributed by atoms with Gasteiger partial charge in [-0.15, -0.1) is 0 Å². The molecule has 0 aliphatic heterocycles. The molecule has 1 atom stereocenters. The molecule has 2 N–H and O–H groups in total. The fraction of sp³-hybridized carbons (Fsp3) is 0.357. The van der Waals surface area contributed by atoms with E-state index < -0.39 is 6.04 Å². The van der Waals surface area contributed by atoms with Crippen molar-refractivity contribution in [1.82, 2.24) is 10.1 Å². The molecule has 0 amide bonds. The van der Waals surface area contributed by atoms with Gasteiger partial charge in [0.25, 0.3) is 5.89 Å². The minimum Gasteiger partial charge on any atom is -0.377 e. The van der Waals surface area contributed by atoms with E-state index in [1.165, 1.54) is 0 Å². The van der Waals surface area contributed by atoms with E-state index >= 15 is 0 Å². The molecule has 0 fully saturated rings. The third-order valence-corrected chi connectivity index (χ3v) is 2.62. The summed E-state index contributed by atoms with van der Waals surface area (Å²) in [5.74, 6) is 0.736. The highest BCUT2D eigenvalue weighted by molar-refractivity contribution is 5.55. The van der Waals surface area contributed by atoms with E-state index in [9.17, 15) is 0 Å². The standard InChI is InChI=1S/C14H16N4O2/c1-9(2)19-8-12(16)13-17-14(20-18-13)11-5-3-4-10(6-11)7-15/h3-6,9,12H,8,16H2,1-2H3. The van der Waals surface area contributed by atoms with Crippen LogP contribution in [0.1, 0.15) is 31.3 Å². The van der Waals surface area contributed by atoms with Crippen LogP contribution in [0.3, 0.4) is 0 Å². The monoisotopic (exact) mass is 272 g/mol. The fourth-order valence-corrected chi connectivity index (χ4v) is 1.60. The van der Waals surface area contributed by atoms with Gasteiger partial charge in [0, 0.05) is 5.56 Å². The smallest absolute Gasteiger partial charge is 0.258 e. The van der Waals surface area contributed by atoms with Crippen LogP contribution in [-0.2, 0) is 4.74 Å². The molecule has 2 rings (SSSR count). The first-order chi connectivity index (χ1) is 9.60. The number of hydrogen-bond donors (Lipinski definition) is 1. The van der Waals surface area contributed by atoms with Gasteiger partial charge in [-0.3, -0.25) is 0 Å². The lowest BCUT2D eigenvalue weighted by Crippen LogP contribution is -2.20. The molecule has 1 heterocycles. The van der Waals surface area contributed by atoms with E-state index in [0.717, 1.165) is 0 Å². The van der Waals surface area contributed by atoms with E-state index in [-0.39, 0.29) is 6.10 Å². The van der Waals surface area contributed by atoms with Crippen molar-refractivity contribution in [2.75, 3.05) is 6.61 Å². The van der Waals surface area contributed by atoms with Gasteiger partial charge < -0.3 is 15.0 Å². The molecule has 0 aliphatic carbocycles. The van der Waals surface area contributed by atoms with Gasteiger partial charge in [0.2, 0.25) is 0 Å². The van der Waals surface area contributed by atoms with Gasteiger partial charge in [-0.05, 0) is 32.0 Å². The average Bonchev–Trinajstić information content (AvgIpc) is 2.94. The highest BCUT2D eigenvalue weighted by Gasteiger charge is 2.16. The second-order valence-corrected chi connectivity index (χ2v) is 4.64. The number of nitrogens with two attached hydrogens (primary N) is 1. The molecule has 0 bridgehead atoms. The molecule has 1 aromatic carbocycles. The van der Waals surface area contributed by atoms with Gasteiger partial charge in [-0.25, -0.2) is 0 Å². The predicted molar refractivity (Wildman–Crippen MR) is 72.5 cm³/mol. The second-order valence-electron chi connectivity index (χ2n) is 4.64. The molecule has 6 heteroatoms. The third kappa shape index (κ3) is 3.41. The number of ether oxygens (including phenoxy) is 1. The Labute approximate surface area is 117 Å². The Bertz CT molecular complexity index is 616. The van der Waals surface area contributed by atoms with Crippen molar-refractivity contribution in [2.24, 2.45) is 5.73 Å². The maximum absolute atomic E-state index is 8.87. The van der Waals surface area contributed by atoms with Crippen molar-refractivity contribution in [3.05, 3.63) is 35.7 Å². The van der Waals surface area contributed by atoms with Crippen LogP contribution in [0.25, 0.3) is 11.5 Å². The molecule has 0 saturated heterocycles. The lowest BCUT2D eigenvalue weighted by molar-refractivity contribution is 0.0665. The molecule has 1 unspecified atom stereocenters. The summed E-state index contributed by atoms with van der Waals surface area (Å²) in [6, 6.07) is 8.59. The van der Waals surface area contributed by atoms with Crippen LogP contribution in [-0.4, -0.2) is 22.9 Å². The zero-order valence-electron chi connectivity index (χ0n) is 11.4. The number of hydrogen-bond acceptors (Lipinski definition) is 6. The first-order valence-electron chi connectivity index (χ1n) is 6.31. The van der Waals surface area contributed by atoms with Crippen LogP contribution in [0.5, 0.6) is 0 Å². The topological polar surface area (TPSA) is 98.0 Å². The minimum absolute atomic E-state index is 0.0970. The van der Waals surface area contributed by atoms with Gasteiger partial charge in [0.15, 0.2) is 5.82 Å². The first kappa shape index (κ1) is 14.2. The van der Waals surface area contributed by atoms with Gasteiger partial charge in [0.1, 0.15) is 0 Å². The van der Waals surface area contributed by atoms with Crippen LogP contribution in [0.2, 0.25) is 0 Å². The van der Waals surface area contributed by atoms with E-state index in [1.54, 1.807) is 24.3 Å². The number of benzene rings is 1. The number of aromatic nitrogens is 2. The summed E-state index contributed by atoms with van der Waals surface area (Å²) in [6.07, 6.45) is 0.0970. The van der Waals surface area contributed by atoms with Gasteiger partial charge in [-0.1, -0.05) is 11.2 Å². The lowest BCUT2D eigenvalue weighted by atomic mass is 10.1. The molecular formula is C14H16N4O2. The fourth-order valence-electron chi connectivity index (χ4n) is 1.60. The Morgan fingerprint density at radius 2 is 2.25 bits per heavy atom. The summed E-state index contributed by atoms with van der Waals surface area (Å²) in [7, 11) is 0. The molecule has 20 heavy (non-hydrogen) atoms. The van der Waals surface area contributed by atoms with Crippen molar-refractivity contribution in [3.8, 4) is 17.5 Å². The van der Waals surface area contributed by atoms with Crippen LogP contribution < -0.4 is 5.73 Å². The molecule has 0 saturated carbocycles. The highest BCUT2D eigenvalue weighted by Crippen LogP contribution is 2.20. The quantitative estimate of drug-likeness (QED) is 0.894. The molecule has 1 aromatic heterocycles. The van der Waals surface area contributed by atoms with Crippen LogP contribution in [0, 0.1) is 11.3 Å². The molecule has 2 aromatic rings. The third-order valence-electron chi connectivity index (χ3n) is 2.62. The molecule has 104 valence electrons. The Kier molecular flexibility index (Phi) is 4.45. The van der Waals surface area contributed by atoms with Crippen molar-refractivity contribution in [2.45, 2.75) is 26.0 Å². The zero-order valence-corrected chi connectivity index (χ0v) is 11.4. The van der Waals surface area contributed by atoms with Crippen molar-refractivity contribution < 1.29 is 9.26 Å². The maximum Gasteiger partial charge on any atom is 0.258 e. The SMILES string of the molecule is CC(C)OCC(N)c1noc(-c2cccc(C#N)c2)n1. The Morgan fingerprint density at radius 1 is 1.45 bits per heavy atom. The highest BCUT2D eigenvalue weighted by atomic mass is 16.5. The van der Waals surface area contributed by atoms with Crippen LogP contribution in [0.15, 0.2) is 28.8 Å². The summed E-state index contributed by atoms with van der Waals surface area (Å²) in [6.45, 7) is 4.19. The average molecular weight is 272 g/mol. The molecule has 6 nitrogen and oxygen atoms in total. The second kappa shape index (κ2) is 6.28. The molecule has 0 spiro atoms. The number of nitrogens with zero attached hydrogens (tertiary/aromatic N) is 3. The van der Waals surface area contributed by atoms with E-state index in [4.69, 9.17) is 20.3 Å². The van der Waals surface area contributed by atoms with Crippen molar-refractivity contribution in [3.63, 3.8) is 0 Å². The number of nitriles is 1. The Balaban J connectivity index is 2.14. The van der Waals surface area contributed by atoms with Crippen molar-refractivity contribution in [1.29, 1.82) is 5.26 Å².